The number of amides is 1. The molecule has 3 N–H and O–H groups in total. The van der Waals surface area contributed by atoms with Crippen molar-refractivity contribution in [3.63, 3.8) is 0 Å². The zero-order chi connectivity index (χ0) is 16.4. The Bertz CT molecular complexity index is 509. The molecule has 7 heteroatoms. The van der Waals surface area contributed by atoms with Crippen LogP contribution in [0.3, 0.4) is 0 Å². The fourth-order valence-corrected chi connectivity index (χ4v) is 1.94. The van der Waals surface area contributed by atoms with Gasteiger partial charge in [0.1, 0.15) is 11.5 Å². The van der Waals surface area contributed by atoms with Crippen LogP contribution in [0.4, 0.5) is 0 Å². The van der Waals surface area contributed by atoms with Gasteiger partial charge in [-0.25, -0.2) is 0 Å². The van der Waals surface area contributed by atoms with Gasteiger partial charge < -0.3 is 14.8 Å². The number of hydrazine groups is 1. The maximum absolute atomic E-state index is 12.1. The molecule has 1 aromatic rings. The van der Waals surface area contributed by atoms with Gasteiger partial charge in [-0.3, -0.25) is 15.6 Å². The van der Waals surface area contributed by atoms with E-state index in [1.807, 2.05) is 0 Å². The Morgan fingerprint density at radius 1 is 1.18 bits per heavy atom. The van der Waals surface area contributed by atoms with E-state index in [4.69, 9.17) is 21.7 Å². The number of carbonyl (C=O) groups excluding carboxylic acids is 1. The van der Waals surface area contributed by atoms with Crippen LogP contribution in [0.2, 0.25) is 0 Å². The number of thiocarbonyl (C=S) groups is 1. The lowest BCUT2D eigenvalue weighted by atomic mass is 10.2. The second kappa shape index (κ2) is 9.83. The van der Waals surface area contributed by atoms with Crippen LogP contribution in [-0.2, 0) is 0 Å². The van der Waals surface area contributed by atoms with E-state index in [2.05, 4.69) is 23.1 Å². The van der Waals surface area contributed by atoms with Crippen molar-refractivity contribution in [1.82, 2.24) is 16.2 Å². The summed E-state index contributed by atoms with van der Waals surface area (Å²) in [6.07, 6.45) is 3.33. The van der Waals surface area contributed by atoms with Crippen molar-refractivity contribution in [2.75, 3.05) is 20.8 Å². The fraction of sp³-hybridized carbons (Fsp3) is 0.467. The summed E-state index contributed by atoms with van der Waals surface area (Å²) in [6, 6.07) is 4.97. The van der Waals surface area contributed by atoms with E-state index in [-0.39, 0.29) is 5.91 Å². The van der Waals surface area contributed by atoms with Gasteiger partial charge in [-0.1, -0.05) is 19.8 Å². The smallest absolute Gasteiger partial charge is 0.273 e. The molecule has 0 radical (unpaired) electrons. The first-order valence-corrected chi connectivity index (χ1v) is 7.59. The number of benzene rings is 1. The summed E-state index contributed by atoms with van der Waals surface area (Å²) in [7, 11) is 3.05. The van der Waals surface area contributed by atoms with Crippen molar-refractivity contribution in [3.05, 3.63) is 23.8 Å². The molecule has 6 nitrogen and oxygen atoms in total. The molecule has 0 aromatic heterocycles. The zero-order valence-electron chi connectivity index (χ0n) is 13.2. The molecular weight excluding hydrogens is 302 g/mol. The van der Waals surface area contributed by atoms with E-state index < -0.39 is 0 Å². The second-order valence-electron chi connectivity index (χ2n) is 4.61. The van der Waals surface area contributed by atoms with Crippen LogP contribution in [0.25, 0.3) is 0 Å². The van der Waals surface area contributed by atoms with Gasteiger partial charge in [0.25, 0.3) is 5.91 Å². The predicted octanol–water partition coefficient (Wildman–Crippen LogP) is 2.00. The van der Waals surface area contributed by atoms with E-state index in [0.717, 1.165) is 25.8 Å². The Morgan fingerprint density at radius 3 is 2.59 bits per heavy atom. The van der Waals surface area contributed by atoms with Crippen molar-refractivity contribution >= 4 is 23.2 Å². The van der Waals surface area contributed by atoms with Gasteiger partial charge in [-0.15, -0.1) is 0 Å². The highest BCUT2D eigenvalue weighted by atomic mass is 32.1. The molecule has 0 atom stereocenters. The second-order valence-corrected chi connectivity index (χ2v) is 5.02. The molecule has 1 aromatic carbocycles. The summed E-state index contributed by atoms with van der Waals surface area (Å²) in [4.78, 5) is 12.1. The van der Waals surface area contributed by atoms with Crippen LogP contribution < -0.4 is 25.6 Å². The Hall–Kier alpha value is -2.02. The minimum absolute atomic E-state index is 0.336. The third-order valence-electron chi connectivity index (χ3n) is 3.01. The summed E-state index contributed by atoms with van der Waals surface area (Å²) in [5.74, 6) is 0.715. The van der Waals surface area contributed by atoms with Gasteiger partial charge in [-0.2, -0.15) is 0 Å². The molecule has 0 saturated carbocycles. The minimum Gasteiger partial charge on any atom is -0.497 e. The van der Waals surface area contributed by atoms with E-state index in [0.29, 0.717) is 22.2 Å². The number of ether oxygens (including phenoxy) is 2. The standard InChI is InChI=1S/C15H23N3O3S/c1-4-5-6-9-16-15(22)18-17-14(19)12-8-7-11(20-2)10-13(12)21-3/h7-8,10H,4-6,9H2,1-3H3,(H,17,19)(H2,16,18,22). The first-order chi connectivity index (χ1) is 10.6. The van der Waals surface area contributed by atoms with E-state index in [1.165, 1.54) is 7.11 Å². The molecular formula is C15H23N3O3S. The normalized spacial score (nSPS) is 9.77. The first-order valence-electron chi connectivity index (χ1n) is 7.18. The molecule has 0 heterocycles. The van der Waals surface area contributed by atoms with Crippen molar-refractivity contribution < 1.29 is 14.3 Å². The van der Waals surface area contributed by atoms with Crippen molar-refractivity contribution in [2.24, 2.45) is 0 Å². The third-order valence-corrected chi connectivity index (χ3v) is 3.26. The lowest BCUT2D eigenvalue weighted by molar-refractivity contribution is 0.0940. The minimum atomic E-state index is -0.336. The summed E-state index contributed by atoms with van der Waals surface area (Å²) >= 11 is 5.08. The molecule has 1 amide bonds. The largest absolute Gasteiger partial charge is 0.497 e. The average Bonchev–Trinajstić information content (AvgIpc) is 2.55. The molecule has 0 aliphatic carbocycles. The van der Waals surface area contributed by atoms with Crippen LogP contribution in [0.5, 0.6) is 11.5 Å². The van der Waals surface area contributed by atoms with Gasteiger partial charge in [0.05, 0.1) is 19.8 Å². The molecule has 1 rings (SSSR count). The summed E-state index contributed by atoms with van der Waals surface area (Å²) in [5, 5.41) is 3.41. The van der Waals surface area contributed by atoms with E-state index in [9.17, 15) is 4.79 Å². The number of hydrogen-bond donors (Lipinski definition) is 3. The molecule has 22 heavy (non-hydrogen) atoms. The molecule has 0 spiro atoms. The number of hydrogen-bond acceptors (Lipinski definition) is 4. The summed E-state index contributed by atoms with van der Waals surface area (Å²) in [5.41, 5.74) is 5.60. The Labute approximate surface area is 136 Å². The van der Waals surface area contributed by atoms with Crippen LogP contribution in [-0.4, -0.2) is 31.8 Å². The van der Waals surface area contributed by atoms with Gasteiger partial charge in [0, 0.05) is 12.6 Å². The molecule has 0 aliphatic heterocycles. The molecule has 0 bridgehead atoms. The Balaban J connectivity index is 2.50. The van der Waals surface area contributed by atoms with Crippen molar-refractivity contribution in [1.29, 1.82) is 0 Å². The number of rotatable bonds is 7. The van der Waals surface area contributed by atoms with Gasteiger partial charge in [0.15, 0.2) is 5.11 Å². The highest BCUT2D eigenvalue weighted by Crippen LogP contribution is 2.24. The first kappa shape index (κ1) is 18.0. The monoisotopic (exact) mass is 325 g/mol. The highest BCUT2D eigenvalue weighted by Gasteiger charge is 2.13. The van der Waals surface area contributed by atoms with Crippen molar-refractivity contribution in [2.45, 2.75) is 26.2 Å². The maximum Gasteiger partial charge on any atom is 0.273 e. The SMILES string of the molecule is CCCCCNC(=S)NNC(=O)c1ccc(OC)cc1OC. The third kappa shape index (κ3) is 5.77. The number of unbranched alkanes of at least 4 members (excludes halogenated alkanes) is 2. The predicted molar refractivity (Wildman–Crippen MR) is 90.3 cm³/mol. The van der Waals surface area contributed by atoms with Gasteiger partial charge in [-0.05, 0) is 30.8 Å². The van der Waals surface area contributed by atoms with Crippen LogP contribution >= 0.6 is 12.2 Å². The fourth-order valence-electron chi connectivity index (χ4n) is 1.79. The molecule has 0 unspecified atom stereocenters. The molecule has 122 valence electrons. The lowest BCUT2D eigenvalue weighted by Gasteiger charge is -2.13. The number of methoxy groups -OCH3 is 2. The van der Waals surface area contributed by atoms with E-state index in [1.54, 1.807) is 25.3 Å². The van der Waals surface area contributed by atoms with Crippen molar-refractivity contribution in [3.8, 4) is 11.5 Å². The average molecular weight is 325 g/mol. The Kier molecular flexibility index (Phi) is 8.06. The number of nitrogens with one attached hydrogen (secondary N) is 3. The molecule has 0 saturated heterocycles. The number of carbonyl (C=O) groups is 1. The topological polar surface area (TPSA) is 71.6 Å². The molecule has 0 aliphatic rings. The lowest BCUT2D eigenvalue weighted by Crippen LogP contribution is -2.47. The zero-order valence-corrected chi connectivity index (χ0v) is 14.0. The maximum atomic E-state index is 12.1. The quantitative estimate of drug-likeness (QED) is 0.405. The summed E-state index contributed by atoms with van der Waals surface area (Å²) in [6.45, 7) is 2.92. The van der Waals surface area contributed by atoms with Crippen LogP contribution in [0, 0.1) is 0 Å². The highest BCUT2D eigenvalue weighted by molar-refractivity contribution is 7.80. The molecule has 0 fully saturated rings. The Morgan fingerprint density at radius 2 is 1.95 bits per heavy atom. The van der Waals surface area contributed by atoms with E-state index >= 15 is 0 Å². The van der Waals surface area contributed by atoms with Crippen LogP contribution in [0.1, 0.15) is 36.5 Å². The van der Waals surface area contributed by atoms with Gasteiger partial charge in [0.2, 0.25) is 0 Å². The van der Waals surface area contributed by atoms with Crippen LogP contribution in [0.15, 0.2) is 18.2 Å². The van der Waals surface area contributed by atoms with Gasteiger partial charge >= 0.3 is 0 Å². The summed E-state index contributed by atoms with van der Waals surface area (Å²) < 4.78 is 10.3.